The van der Waals surface area contributed by atoms with Crippen molar-refractivity contribution in [3.05, 3.63) is 21.6 Å². The molecule has 0 spiro atoms. The van der Waals surface area contributed by atoms with Crippen molar-refractivity contribution in [2.75, 3.05) is 13.1 Å². The fourth-order valence-electron chi connectivity index (χ4n) is 2.12. The van der Waals surface area contributed by atoms with E-state index in [0.717, 1.165) is 5.69 Å². The average molecular weight is 296 g/mol. The van der Waals surface area contributed by atoms with E-state index in [4.69, 9.17) is 4.74 Å². The van der Waals surface area contributed by atoms with Crippen LogP contribution in [0.1, 0.15) is 32.0 Å². The summed E-state index contributed by atoms with van der Waals surface area (Å²) in [7, 11) is 0. The molecule has 116 valence electrons. The number of fused-ring (bicyclic) bond motifs is 1. The van der Waals surface area contributed by atoms with Gasteiger partial charge in [-0.15, -0.1) is 0 Å². The van der Waals surface area contributed by atoms with Crippen LogP contribution < -0.4 is 10.9 Å². The summed E-state index contributed by atoms with van der Waals surface area (Å²) in [5.74, 6) is -0.214. The van der Waals surface area contributed by atoms with Gasteiger partial charge in [0.15, 0.2) is 0 Å². The van der Waals surface area contributed by atoms with Crippen LogP contribution in [-0.4, -0.2) is 45.8 Å². The molecular formula is C13H20N4O4. The normalized spacial score (nSPS) is 14.5. The second-order valence-corrected chi connectivity index (χ2v) is 5.96. The Kier molecular flexibility index (Phi) is 4.06. The van der Waals surface area contributed by atoms with Crippen LogP contribution in [0.4, 0.5) is 4.79 Å². The lowest BCUT2D eigenvalue weighted by Crippen LogP contribution is -2.44. The number of amides is 2. The van der Waals surface area contributed by atoms with E-state index < -0.39 is 11.7 Å². The lowest BCUT2D eigenvalue weighted by atomic mass is 10.1. The monoisotopic (exact) mass is 296 g/mol. The second-order valence-electron chi connectivity index (χ2n) is 5.96. The molecule has 0 unspecified atom stereocenters. The Bertz CT molecular complexity index is 596. The molecular weight excluding hydrogens is 276 g/mol. The molecule has 21 heavy (non-hydrogen) atoms. The summed E-state index contributed by atoms with van der Waals surface area (Å²) in [6.07, 6.45) is -0.115. The third-order valence-electron chi connectivity index (χ3n) is 3.08. The van der Waals surface area contributed by atoms with Crippen molar-refractivity contribution in [1.29, 1.82) is 0 Å². The van der Waals surface area contributed by atoms with Crippen LogP contribution in [0.2, 0.25) is 0 Å². The van der Waals surface area contributed by atoms with Gasteiger partial charge in [0.2, 0.25) is 5.91 Å². The highest BCUT2D eigenvalue weighted by atomic mass is 16.6. The van der Waals surface area contributed by atoms with Gasteiger partial charge in [0.05, 0.1) is 12.2 Å². The molecule has 2 heterocycles. The first-order valence-electron chi connectivity index (χ1n) is 6.79. The fourth-order valence-corrected chi connectivity index (χ4v) is 2.12. The van der Waals surface area contributed by atoms with Gasteiger partial charge < -0.3 is 20.1 Å². The minimum atomic E-state index is -0.622. The Morgan fingerprint density at radius 3 is 2.71 bits per heavy atom. The maximum Gasteiger partial charge on any atom is 0.408 e. The number of rotatable bonds is 2. The van der Waals surface area contributed by atoms with E-state index in [1.807, 2.05) is 0 Å². The predicted molar refractivity (Wildman–Crippen MR) is 74.8 cm³/mol. The highest BCUT2D eigenvalue weighted by Gasteiger charge is 2.24. The molecule has 0 aromatic carbocycles. The third kappa shape index (κ3) is 3.87. The summed E-state index contributed by atoms with van der Waals surface area (Å²) >= 11 is 0. The summed E-state index contributed by atoms with van der Waals surface area (Å²) in [6, 6.07) is 0. The Balaban J connectivity index is 1.85. The van der Waals surface area contributed by atoms with E-state index in [2.05, 4.69) is 15.5 Å². The van der Waals surface area contributed by atoms with Crippen molar-refractivity contribution < 1.29 is 14.3 Å². The van der Waals surface area contributed by atoms with Gasteiger partial charge in [-0.2, -0.15) is 0 Å². The SMILES string of the molecule is CC(C)(C)OC(=O)NCC(=O)N1CCc2c([nH][nH]c2=O)C1. The maximum absolute atomic E-state index is 12.0. The standard InChI is InChI=1S/C13H20N4O4/c1-13(2,3)21-12(20)14-6-10(18)17-5-4-8-9(7-17)15-16-11(8)19/h4-7H2,1-3H3,(H,14,20)(H2,15,16,19). The molecule has 0 aliphatic carbocycles. The van der Waals surface area contributed by atoms with E-state index in [1.54, 1.807) is 25.7 Å². The lowest BCUT2D eigenvalue weighted by Gasteiger charge is -2.26. The summed E-state index contributed by atoms with van der Waals surface area (Å²) in [5.41, 5.74) is 0.678. The lowest BCUT2D eigenvalue weighted by molar-refractivity contribution is -0.131. The Labute approximate surface area is 121 Å². The molecule has 2 amide bonds. The number of aromatic nitrogens is 2. The summed E-state index contributed by atoms with van der Waals surface area (Å²) in [5, 5.41) is 7.70. The van der Waals surface area contributed by atoms with E-state index in [1.165, 1.54) is 0 Å². The molecule has 1 aromatic heterocycles. The molecule has 0 saturated carbocycles. The molecule has 1 aliphatic rings. The zero-order valence-electron chi connectivity index (χ0n) is 12.4. The number of hydrogen-bond donors (Lipinski definition) is 3. The Hall–Kier alpha value is -2.25. The first-order chi connectivity index (χ1) is 9.76. The number of alkyl carbamates (subject to hydrolysis) is 1. The highest BCUT2D eigenvalue weighted by molar-refractivity contribution is 5.82. The van der Waals surface area contributed by atoms with Crippen molar-refractivity contribution in [2.24, 2.45) is 0 Å². The smallest absolute Gasteiger partial charge is 0.408 e. The van der Waals surface area contributed by atoms with Crippen molar-refractivity contribution in [1.82, 2.24) is 20.4 Å². The molecule has 1 aromatic rings. The topological polar surface area (TPSA) is 107 Å². The molecule has 1 aliphatic heterocycles. The number of carbonyl (C=O) groups is 2. The molecule has 2 rings (SSSR count). The minimum Gasteiger partial charge on any atom is -0.444 e. The quantitative estimate of drug-likeness (QED) is 0.720. The van der Waals surface area contributed by atoms with Gasteiger partial charge in [-0.25, -0.2) is 4.79 Å². The third-order valence-corrected chi connectivity index (χ3v) is 3.08. The van der Waals surface area contributed by atoms with Gasteiger partial charge in [-0.3, -0.25) is 14.7 Å². The molecule has 8 heteroatoms. The largest absolute Gasteiger partial charge is 0.444 e. The first kappa shape index (κ1) is 15.1. The number of ether oxygens (including phenoxy) is 1. The fraction of sp³-hybridized carbons (Fsp3) is 0.615. The van der Waals surface area contributed by atoms with Crippen LogP contribution in [0.5, 0.6) is 0 Å². The zero-order chi connectivity index (χ0) is 15.6. The van der Waals surface area contributed by atoms with E-state index in [9.17, 15) is 14.4 Å². The molecule has 0 atom stereocenters. The van der Waals surface area contributed by atoms with E-state index in [-0.39, 0.29) is 18.0 Å². The van der Waals surface area contributed by atoms with Gasteiger partial charge in [-0.05, 0) is 27.2 Å². The summed E-state index contributed by atoms with van der Waals surface area (Å²) < 4.78 is 5.06. The zero-order valence-corrected chi connectivity index (χ0v) is 12.4. The second kappa shape index (κ2) is 5.63. The maximum atomic E-state index is 12.0. The molecule has 0 radical (unpaired) electrons. The molecule has 0 saturated heterocycles. The number of nitrogens with one attached hydrogen (secondary N) is 3. The van der Waals surface area contributed by atoms with Crippen LogP contribution in [0.25, 0.3) is 0 Å². The summed E-state index contributed by atoms with van der Waals surface area (Å²) in [6.45, 7) is 5.93. The van der Waals surface area contributed by atoms with Gasteiger partial charge in [-0.1, -0.05) is 0 Å². The van der Waals surface area contributed by atoms with Crippen LogP contribution in [-0.2, 0) is 22.5 Å². The summed E-state index contributed by atoms with van der Waals surface area (Å²) in [4.78, 5) is 36.5. The van der Waals surface area contributed by atoms with Crippen LogP contribution in [0, 0.1) is 0 Å². The first-order valence-corrected chi connectivity index (χ1v) is 6.79. The van der Waals surface area contributed by atoms with E-state index >= 15 is 0 Å². The van der Waals surface area contributed by atoms with E-state index in [0.29, 0.717) is 25.1 Å². The Morgan fingerprint density at radius 2 is 2.05 bits per heavy atom. The predicted octanol–water partition coefficient (Wildman–Crippen LogP) is 0.112. The van der Waals surface area contributed by atoms with Crippen molar-refractivity contribution >= 4 is 12.0 Å². The average Bonchev–Trinajstić information content (AvgIpc) is 2.75. The van der Waals surface area contributed by atoms with Gasteiger partial charge in [0.25, 0.3) is 5.56 Å². The number of hydrogen-bond acceptors (Lipinski definition) is 4. The molecule has 3 N–H and O–H groups in total. The van der Waals surface area contributed by atoms with Crippen LogP contribution in [0.3, 0.4) is 0 Å². The van der Waals surface area contributed by atoms with Gasteiger partial charge in [0.1, 0.15) is 12.1 Å². The number of H-pyrrole nitrogens is 2. The van der Waals surface area contributed by atoms with Crippen LogP contribution >= 0.6 is 0 Å². The van der Waals surface area contributed by atoms with Crippen molar-refractivity contribution in [3.63, 3.8) is 0 Å². The Morgan fingerprint density at radius 1 is 1.33 bits per heavy atom. The van der Waals surface area contributed by atoms with Crippen molar-refractivity contribution in [3.8, 4) is 0 Å². The molecule has 8 nitrogen and oxygen atoms in total. The number of aromatic amines is 2. The number of carbonyl (C=O) groups excluding carboxylic acids is 2. The number of nitrogens with zero attached hydrogens (tertiary/aromatic N) is 1. The van der Waals surface area contributed by atoms with Gasteiger partial charge in [0, 0.05) is 12.1 Å². The van der Waals surface area contributed by atoms with Crippen molar-refractivity contribution in [2.45, 2.75) is 39.3 Å². The minimum absolute atomic E-state index is 0.126. The van der Waals surface area contributed by atoms with Crippen LogP contribution in [0.15, 0.2) is 4.79 Å². The molecule has 0 bridgehead atoms. The highest BCUT2D eigenvalue weighted by Crippen LogP contribution is 2.13. The molecule has 0 fully saturated rings. The van der Waals surface area contributed by atoms with Gasteiger partial charge >= 0.3 is 6.09 Å².